The van der Waals surface area contributed by atoms with Gasteiger partial charge in [-0.2, -0.15) is 10.4 Å². The van der Waals surface area contributed by atoms with Gasteiger partial charge < -0.3 is 15.0 Å². The molecule has 8 heteroatoms. The lowest BCUT2D eigenvalue weighted by atomic mass is 10.1. The van der Waals surface area contributed by atoms with Crippen LogP contribution in [-0.2, 0) is 22.5 Å². The van der Waals surface area contributed by atoms with Crippen LogP contribution in [0.5, 0.6) is 0 Å². The number of nitrogens with zero attached hydrogens (tertiary/aromatic N) is 4. The summed E-state index contributed by atoms with van der Waals surface area (Å²) in [5.41, 5.74) is 3.89. The number of morpholine rings is 1. The van der Waals surface area contributed by atoms with E-state index in [1.807, 2.05) is 38.4 Å². The monoisotopic (exact) mass is 437 g/mol. The molecular formula is C24H31N5O3. The second-order valence-electron chi connectivity index (χ2n) is 8.34. The van der Waals surface area contributed by atoms with E-state index in [9.17, 15) is 9.59 Å². The number of nitrogens with one attached hydrogen (secondary N) is 1. The minimum Gasteiger partial charge on any atom is -0.372 e. The smallest absolute Gasteiger partial charge is 0.256 e. The first kappa shape index (κ1) is 23.5. The average Bonchev–Trinajstić information content (AvgIpc) is 3.02. The molecule has 0 radical (unpaired) electrons. The highest BCUT2D eigenvalue weighted by molar-refractivity contribution is 6.03. The molecule has 2 unspecified atom stereocenters. The van der Waals surface area contributed by atoms with Gasteiger partial charge in [0.1, 0.15) is 0 Å². The molecule has 3 rings (SSSR count). The summed E-state index contributed by atoms with van der Waals surface area (Å²) in [6.45, 7) is 9.39. The summed E-state index contributed by atoms with van der Waals surface area (Å²) in [5.74, 6) is -0.258. The third-order valence-electron chi connectivity index (χ3n) is 5.71. The second-order valence-corrected chi connectivity index (χ2v) is 8.34. The van der Waals surface area contributed by atoms with Crippen LogP contribution < -0.4 is 5.32 Å². The van der Waals surface area contributed by atoms with Crippen molar-refractivity contribution < 1.29 is 14.3 Å². The molecule has 1 aromatic heterocycles. The third-order valence-corrected chi connectivity index (χ3v) is 5.71. The number of anilines is 1. The van der Waals surface area contributed by atoms with Crippen LogP contribution >= 0.6 is 0 Å². The van der Waals surface area contributed by atoms with Crippen molar-refractivity contribution >= 4 is 17.5 Å². The highest BCUT2D eigenvalue weighted by Crippen LogP contribution is 2.21. The molecule has 0 aliphatic carbocycles. The predicted octanol–water partition coefficient (Wildman–Crippen LogP) is 3.23. The van der Waals surface area contributed by atoms with E-state index < -0.39 is 0 Å². The number of carbonyl (C=O) groups is 2. The van der Waals surface area contributed by atoms with Gasteiger partial charge in [0, 0.05) is 25.2 Å². The number of ether oxygens (including phenoxy) is 1. The molecule has 1 aliphatic rings. The molecule has 170 valence electrons. The van der Waals surface area contributed by atoms with Crippen molar-refractivity contribution in [3.8, 4) is 6.07 Å². The Labute approximate surface area is 189 Å². The zero-order chi connectivity index (χ0) is 23.3. The quantitative estimate of drug-likeness (QED) is 0.717. The molecule has 8 nitrogen and oxygen atoms in total. The fourth-order valence-electron chi connectivity index (χ4n) is 4.21. The molecule has 0 spiro atoms. The largest absolute Gasteiger partial charge is 0.372 e. The molecule has 1 fully saturated rings. The molecule has 1 aromatic carbocycles. The van der Waals surface area contributed by atoms with Crippen molar-refractivity contribution in [2.24, 2.45) is 0 Å². The molecule has 2 heterocycles. The van der Waals surface area contributed by atoms with Gasteiger partial charge >= 0.3 is 0 Å². The molecule has 2 amide bonds. The number of aryl methyl sites for hydroxylation is 2. The van der Waals surface area contributed by atoms with Gasteiger partial charge in [-0.15, -0.1) is 0 Å². The van der Waals surface area contributed by atoms with Gasteiger partial charge in [0.15, 0.2) is 0 Å². The fourth-order valence-corrected chi connectivity index (χ4v) is 4.21. The summed E-state index contributed by atoms with van der Waals surface area (Å²) in [4.78, 5) is 27.6. The Morgan fingerprint density at radius 1 is 1.22 bits per heavy atom. The van der Waals surface area contributed by atoms with E-state index >= 15 is 0 Å². The van der Waals surface area contributed by atoms with Gasteiger partial charge in [0.05, 0.1) is 48.2 Å². The zero-order valence-corrected chi connectivity index (χ0v) is 19.2. The maximum atomic E-state index is 13.1. The molecule has 2 aromatic rings. The van der Waals surface area contributed by atoms with Crippen molar-refractivity contribution in [3.05, 3.63) is 46.8 Å². The lowest BCUT2D eigenvalue weighted by Crippen LogP contribution is -2.48. The van der Waals surface area contributed by atoms with Crippen molar-refractivity contribution in [1.29, 1.82) is 5.26 Å². The number of hydrogen-bond acceptors (Lipinski definition) is 5. The van der Waals surface area contributed by atoms with Gasteiger partial charge in [0.2, 0.25) is 5.91 Å². The normalized spacial score (nSPS) is 18.3. The van der Waals surface area contributed by atoms with Crippen molar-refractivity contribution in [2.75, 3.05) is 18.4 Å². The number of nitriles is 1. The predicted molar refractivity (Wildman–Crippen MR) is 121 cm³/mol. The van der Waals surface area contributed by atoms with Gasteiger partial charge in [-0.3, -0.25) is 14.3 Å². The summed E-state index contributed by atoms with van der Waals surface area (Å²) < 4.78 is 7.55. The number of para-hydroxylation sites is 1. The Hall–Kier alpha value is -3.18. The van der Waals surface area contributed by atoms with Crippen molar-refractivity contribution in [2.45, 2.75) is 65.7 Å². The number of carbonyl (C=O) groups excluding carboxylic acids is 2. The Bertz CT molecular complexity index is 1010. The average molecular weight is 438 g/mol. The minimum atomic E-state index is -0.155. The van der Waals surface area contributed by atoms with Crippen LogP contribution in [0.1, 0.15) is 54.0 Å². The Kier molecular flexibility index (Phi) is 7.65. The van der Waals surface area contributed by atoms with Crippen LogP contribution in [0.2, 0.25) is 0 Å². The molecular weight excluding hydrogens is 406 g/mol. The fraction of sp³-hybridized carbons (Fsp3) is 0.500. The van der Waals surface area contributed by atoms with Gasteiger partial charge in [-0.1, -0.05) is 12.1 Å². The van der Waals surface area contributed by atoms with Gasteiger partial charge in [-0.25, -0.2) is 0 Å². The Balaban J connectivity index is 1.66. The first-order valence-electron chi connectivity index (χ1n) is 11.0. The number of aromatic nitrogens is 2. The molecule has 1 N–H and O–H groups in total. The summed E-state index contributed by atoms with van der Waals surface area (Å²) in [6, 6.07) is 9.25. The minimum absolute atomic E-state index is 0.0231. The maximum Gasteiger partial charge on any atom is 0.256 e. The van der Waals surface area contributed by atoms with Crippen molar-refractivity contribution in [1.82, 2.24) is 14.7 Å². The molecule has 2 atom stereocenters. The molecule has 32 heavy (non-hydrogen) atoms. The van der Waals surface area contributed by atoms with E-state index in [0.29, 0.717) is 43.7 Å². The lowest BCUT2D eigenvalue weighted by molar-refractivity contribution is -0.116. The summed E-state index contributed by atoms with van der Waals surface area (Å²) >= 11 is 0. The second kappa shape index (κ2) is 10.4. The van der Waals surface area contributed by atoms with E-state index in [2.05, 4.69) is 16.5 Å². The first-order valence-corrected chi connectivity index (χ1v) is 11.0. The SMILES string of the molecule is Cc1nn(CCC#N)c(C)c1CCC(=O)Nc1ccccc1C(=O)N1CC(C)OC(C)C1. The number of benzene rings is 1. The van der Waals surface area contributed by atoms with E-state index in [-0.39, 0.29) is 30.4 Å². The van der Waals surface area contributed by atoms with E-state index in [1.54, 1.807) is 23.1 Å². The van der Waals surface area contributed by atoms with Gasteiger partial charge in [0.25, 0.3) is 5.91 Å². The number of rotatable bonds is 7. The van der Waals surface area contributed by atoms with Crippen LogP contribution in [0.15, 0.2) is 24.3 Å². The van der Waals surface area contributed by atoms with E-state index in [0.717, 1.165) is 17.0 Å². The standard InChI is InChI=1S/C24H31N5O3/c1-16-14-28(15-17(2)32-16)24(31)21-8-5-6-9-22(21)26-23(30)11-10-20-18(3)27-29(19(20)4)13-7-12-25/h5-6,8-9,16-17H,7,10-11,13-15H2,1-4H3,(H,26,30). The topological polar surface area (TPSA) is 100 Å². The Morgan fingerprint density at radius 3 is 2.59 bits per heavy atom. The van der Waals surface area contributed by atoms with Crippen LogP contribution in [-0.4, -0.2) is 51.8 Å². The van der Waals surface area contributed by atoms with Crippen LogP contribution in [0, 0.1) is 25.2 Å². The number of hydrogen-bond donors (Lipinski definition) is 1. The lowest BCUT2D eigenvalue weighted by Gasteiger charge is -2.35. The first-order chi connectivity index (χ1) is 15.3. The summed E-state index contributed by atoms with van der Waals surface area (Å²) in [7, 11) is 0. The third kappa shape index (κ3) is 5.54. The summed E-state index contributed by atoms with van der Waals surface area (Å²) in [6.07, 6.45) is 1.17. The molecule has 0 bridgehead atoms. The maximum absolute atomic E-state index is 13.1. The van der Waals surface area contributed by atoms with Crippen LogP contribution in [0.3, 0.4) is 0 Å². The van der Waals surface area contributed by atoms with Crippen LogP contribution in [0.4, 0.5) is 5.69 Å². The highest BCUT2D eigenvalue weighted by atomic mass is 16.5. The Morgan fingerprint density at radius 2 is 1.91 bits per heavy atom. The van der Waals surface area contributed by atoms with Crippen molar-refractivity contribution in [3.63, 3.8) is 0 Å². The molecule has 1 saturated heterocycles. The van der Waals surface area contributed by atoms with Crippen LogP contribution in [0.25, 0.3) is 0 Å². The highest BCUT2D eigenvalue weighted by Gasteiger charge is 2.28. The number of amides is 2. The van der Waals surface area contributed by atoms with E-state index in [1.165, 1.54) is 0 Å². The summed E-state index contributed by atoms with van der Waals surface area (Å²) in [5, 5.41) is 16.2. The zero-order valence-electron chi connectivity index (χ0n) is 19.2. The molecule has 0 saturated carbocycles. The van der Waals surface area contributed by atoms with E-state index in [4.69, 9.17) is 10.00 Å². The van der Waals surface area contributed by atoms with Gasteiger partial charge in [-0.05, 0) is 51.8 Å². The molecule has 1 aliphatic heterocycles.